The van der Waals surface area contributed by atoms with Crippen molar-refractivity contribution in [3.05, 3.63) is 0 Å². The van der Waals surface area contributed by atoms with Gasteiger partial charge in [0.25, 0.3) is 0 Å². The van der Waals surface area contributed by atoms with Crippen molar-refractivity contribution >= 4 is 24.4 Å². The maximum absolute atomic E-state index is 9.22. The van der Waals surface area contributed by atoms with Gasteiger partial charge in [0.2, 0.25) is 5.91 Å². The highest BCUT2D eigenvalue weighted by molar-refractivity contribution is 7.18. The fraction of sp³-hybridized carbons (Fsp3) is 0.800. The molecule has 0 atom stereocenters. The van der Waals surface area contributed by atoms with Gasteiger partial charge in [-0.05, 0) is 0 Å². The van der Waals surface area contributed by atoms with Crippen LogP contribution < -0.4 is 5.73 Å². The molecule has 0 aromatic carbocycles. The smallest absolute Gasteiger partial charge is 0.214 e. The fourth-order valence-electron chi connectivity index (χ4n) is 0. The third kappa shape index (κ3) is 533000. The summed E-state index contributed by atoms with van der Waals surface area (Å²) in [6, 6.07) is 0. The number of halogens is 1. The normalized spacial score (nSPS) is 9.44. The van der Waals surface area contributed by atoms with Crippen LogP contribution in [0.1, 0.15) is 6.92 Å². The van der Waals surface area contributed by atoms with Gasteiger partial charge in [0, 0.05) is 6.92 Å². The monoisotopic (exact) mass is 167 g/mol. The summed E-state index contributed by atoms with van der Waals surface area (Å²) >= 11 is 5.67. The van der Waals surface area contributed by atoms with Crippen LogP contribution in [0.15, 0.2) is 0 Å². The zero-order chi connectivity index (χ0) is 8.08. The highest BCUT2D eigenvalue weighted by Crippen LogP contribution is 2.03. The number of hydrogen-bond acceptors (Lipinski definition) is 1. The van der Waals surface area contributed by atoms with Crippen molar-refractivity contribution in [2.75, 3.05) is 0 Å². The number of amides is 1. The molecular formula is C5H14ClNOSi. The van der Waals surface area contributed by atoms with E-state index in [-0.39, 0.29) is 5.91 Å². The van der Waals surface area contributed by atoms with Gasteiger partial charge in [-0.2, -0.15) is 11.1 Å². The lowest BCUT2D eigenvalue weighted by Crippen LogP contribution is -2.06. The zero-order valence-electron chi connectivity index (χ0n) is 6.36. The van der Waals surface area contributed by atoms with E-state index in [1.165, 1.54) is 6.92 Å². The maximum Gasteiger partial charge on any atom is 0.214 e. The Kier molecular flexibility index (Phi) is 6.28. The molecule has 0 rings (SSSR count). The molecular weight excluding hydrogens is 154 g/mol. The van der Waals surface area contributed by atoms with Crippen molar-refractivity contribution in [2.45, 2.75) is 26.6 Å². The minimum atomic E-state index is -1.14. The Morgan fingerprint density at radius 2 is 1.44 bits per heavy atom. The van der Waals surface area contributed by atoms with E-state index in [4.69, 9.17) is 11.1 Å². The predicted molar refractivity (Wildman–Crippen MR) is 44.1 cm³/mol. The van der Waals surface area contributed by atoms with Crippen LogP contribution >= 0.6 is 11.1 Å². The zero-order valence-corrected chi connectivity index (χ0v) is 8.12. The summed E-state index contributed by atoms with van der Waals surface area (Å²) in [4.78, 5) is 9.22. The number of carbonyl (C=O) groups excluding carboxylic acids is 1. The predicted octanol–water partition coefficient (Wildman–Crippen LogP) is 1.55. The first-order valence-electron chi connectivity index (χ1n) is 2.68. The second-order valence-electron chi connectivity index (χ2n) is 2.68. The van der Waals surface area contributed by atoms with Gasteiger partial charge in [-0.25, -0.2) is 0 Å². The molecule has 2 N–H and O–H groups in total. The van der Waals surface area contributed by atoms with Gasteiger partial charge in [-0.15, -0.1) is 0 Å². The number of nitrogens with two attached hydrogens (primary N) is 1. The van der Waals surface area contributed by atoms with E-state index in [1.807, 2.05) is 0 Å². The van der Waals surface area contributed by atoms with E-state index in [1.54, 1.807) is 0 Å². The van der Waals surface area contributed by atoms with Crippen LogP contribution in [0.3, 0.4) is 0 Å². The van der Waals surface area contributed by atoms with Crippen molar-refractivity contribution in [2.24, 2.45) is 5.73 Å². The van der Waals surface area contributed by atoms with E-state index in [9.17, 15) is 4.79 Å². The molecule has 1 amide bonds. The van der Waals surface area contributed by atoms with E-state index in [0.29, 0.717) is 0 Å². The summed E-state index contributed by atoms with van der Waals surface area (Å²) in [5.41, 5.74) is 4.47. The number of primary amides is 1. The standard InChI is InChI=1S/C3H9ClSi.C2H5NO/c1-5(2,3)4;1-2(3)4/h1-3H3;1H3,(H2,3,4). The van der Waals surface area contributed by atoms with Gasteiger partial charge in [0.1, 0.15) is 7.38 Å². The fourth-order valence-corrected chi connectivity index (χ4v) is 0. The molecule has 0 aliphatic carbocycles. The van der Waals surface area contributed by atoms with E-state index < -0.39 is 7.38 Å². The molecule has 0 radical (unpaired) electrons. The van der Waals surface area contributed by atoms with Gasteiger partial charge >= 0.3 is 0 Å². The van der Waals surface area contributed by atoms with Gasteiger partial charge in [-0.1, -0.05) is 19.6 Å². The van der Waals surface area contributed by atoms with Gasteiger partial charge in [-0.3, -0.25) is 4.79 Å². The lowest BCUT2D eigenvalue weighted by atomic mass is 10.8. The minimum absolute atomic E-state index is 0.333. The van der Waals surface area contributed by atoms with Gasteiger partial charge < -0.3 is 5.73 Å². The molecule has 0 fully saturated rings. The Hall–Kier alpha value is -0.0231. The third-order valence-corrected chi connectivity index (χ3v) is 0. The third-order valence-electron chi connectivity index (χ3n) is 0. The first-order valence-corrected chi connectivity index (χ1v) is 7.19. The Morgan fingerprint density at radius 1 is 1.44 bits per heavy atom. The summed E-state index contributed by atoms with van der Waals surface area (Å²) in [6.45, 7) is 7.58. The molecule has 56 valence electrons. The van der Waals surface area contributed by atoms with Crippen LogP contribution in [-0.2, 0) is 4.79 Å². The van der Waals surface area contributed by atoms with Gasteiger partial charge in [0.05, 0.1) is 0 Å². The Balaban J connectivity index is 0. The Labute approximate surface area is 62.1 Å². The molecule has 0 saturated carbocycles. The molecule has 0 spiro atoms. The van der Waals surface area contributed by atoms with Crippen LogP contribution in [0.5, 0.6) is 0 Å². The molecule has 0 unspecified atom stereocenters. The van der Waals surface area contributed by atoms with Crippen molar-refractivity contribution in [1.82, 2.24) is 0 Å². The number of carbonyl (C=O) groups is 1. The van der Waals surface area contributed by atoms with Crippen LogP contribution in [0, 0.1) is 0 Å². The highest BCUT2D eigenvalue weighted by atomic mass is 35.6. The van der Waals surface area contributed by atoms with Crippen molar-refractivity contribution in [3.8, 4) is 0 Å². The lowest BCUT2D eigenvalue weighted by molar-refractivity contribution is -0.115. The van der Waals surface area contributed by atoms with E-state index in [2.05, 4.69) is 25.4 Å². The highest BCUT2D eigenvalue weighted by Gasteiger charge is 2.04. The van der Waals surface area contributed by atoms with Crippen LogP contribution in [-0.4, -0.2) is 13.3 Å². The molecule has 0 aliphatic rings. The molecule has 0 saturated heterocycles. The van der Waals surface area contributed by atoms with Crippen LogP contribution in [0.25, 0.3) is 0 Å². The molecule has 0 aliphatic heterocycles. The summed E-state index contributed by atoms with van der Waals surface area (Å²) in [6.07, 6.45) is 0. The largest absolute Gasteiger partial charge is 0.370 e. The summed E-state index contributed by atoms with van der Waals surface area (Å²) < 4.78 is 0. The number of rotatable bonds is 0. The lowest BCUT2D eigenvalue weighted by Gasteiger charge is -1.97. The van der Waals surface area contributed by atoms with Crippen molar-refractivity contribution in [1.29, 1.82) is 0 Å². The van der Waals surface area contributed by atoms with Gasteiger partial charge in [0.15, 0.2) is 0 Å². The van der Waals surface area contributed by atoms with Crippen LogP contribution in [0.4, 0.5) is 0 Å². The summed E-state index contributed by atoms with van der Waals surface area (Å²) in [7, 11) is -1.14. The average molecular weight is 168 g/mol. The second-order valence-corrected chi connectivity index (χ2v) is 10.2. The maximum atomic E-state index is 9.22. The quantitative estimate of drug-likeness (QED) is 0.432. The van der Waals surface area contributed by atoms with Crippen LogP contribution in [0.2, 0.25) is 19.6 Å². The Morgan fingerprint density at radius 3 is 1.44 bits per heavy atom. The first-order chi connectivity index (χ1) is 3.73. The SMILES string of the molecule is CC(N)=O.C[Si](C)(C)Cl. The summed E-state index contributed by atoms with van der Waals surface area (Å²) in [5.74, 6) is -0.333. The van der Waals surface area contributed by atoms with E-state index in [0.717, 1.165) is 0 Å². The molecule has 0 heterocycles. The summed E-state index contributed by atoms with van der Waals surface area (Å²) in [5, 5.41) is 0. The van der Waals surface area contributed by atoms with E-state index >= 15 is 0 Å². The first kappa shape index (κ1) is 11.7. The topological polar surface area (TPSA) is 43.1 Å². The molecule has 9 heavy (non-hydrogen) atoms. The molecule has 4 heteroatoms. The molecule has 0 aromatic heterocycles. The molecule has 0 bridgehead atoms. The molecule has 2 nitrogen and oxygen atoms in total. The van der Waals surface area contributed by atoms with Crippen molar-refractivity contribution < 1.29 is 4.79 Å². The molecule has 0 aromatic rings. The number of hydrogen-bond donors (Lipinski definition) is 1. The minimum Gasteiger partial charge on any atom is -0.370 e. The average Bonchev–Trinajstić information content (AvgIpc) is 1.19. The Bertz CT molecular complexity index is 79.4. The van der Waals surface area contributed by atoms with Crippen molar-refractivity contribution in [3.63, 3.8) is 0 Å². The second kappa shape index (κ2) is 4.82.